The minimum absolute atomic E-state index is 0.0655. The van der Waals surface area contributed by atoms with Crippen molar-refractivity contribution in [1.29, 1.82) is 0 Å². The molecule has 0 fully saturated rings. The van der Waals surface area contributed by atoms with Gasteiger partial charge in [0.15, 0.2) is 0 Å². The van der Waals surface area contributed by atoms with Crippen LogP contribution in [0.1, 0.15) is 33.6 Å². The minimum atomic E-state index is -0.0994. The molecule has 0 aromatic heterocycles. The van der Waals surface area contributed by atoms with Gasteiger partial charge in [0.1, 0.15) is 0 Å². The Balaban J connectivity index is 4.02. The number of carbonyl (C=O) groups excluding carboxylic acids is 2. The molecule has 100 valence electrons. The molecule has 3 N–H and O–H groups in total. The average Bonchev–Trinajstić information content (AvgIpc) is 2.25. The Kier molecular flexibility index (Phi) is 6.80. The van der Waals surface area contributed by atoms with Gasteiger partial charge in [-0.15, -0.1) is 0 Å². The van der Waals surface area contributed by atoms with Crippen molar-refractivity contribution in [2.45, 2.75) is 33.6 Å². The molecule has 0 rings (SSSR count). The summed E-state index contributed by atoms with van der Waals surface area (Å²) in [6, 6.07) is 0. The zero-order valence-electron chi connectivity index (χ0n) is 11.4. The summed E-state index contributed by atoms with van der Waals surface area (Å²) >= 11 is 0. The molecule has 0 aliphatic rings. The van der Waals surface area contributed by atoms with Crippen LogP contribution in [0.4, 0.5) is 0 Å². The molecule has 0 bridgehead atoms. The molecule has 0 radical (unpaired) electrons. The van der Waals surface area contributed by atoms with Crippen molar-refractivity contribution in [3.8, 4) is 0 Å². The van der Waals surface area contributed by atoms with Crippen LogP contribution in [0.3, 0.4) is 0 Å². The largest absolute Gasteiger partial charge is 0.347 e. The first-order valence-electron chi connectivity index (χ1n) is 6.03. The van der Waals surface area contributed by atoms with Gasteiger partial charge in [0.05, 0.1) is 6.54 Å². The van der Waals surface area contributed by atoms with E-state index in [9.17, 15) is 9.59 Å². The van der Waals surface area contributed by atoms with E-state index < -0.39 is 0 Å². The molecule has 2 amide bonds. The number of nitrogens with two attached hydrogens (primary N) is 1. The maximum atomic E-state index is 11.7. The van der Waals surface area contributed by atoms with Crippen molar-refractivity contribution in [3.63, 3.8) is 0 Å². The Morgan fingerprint density at radius 2 is 1.94 bits per heavy atom. The van der Waals surface area contributed by atoms with Gasteiger partial charge >= 0.3 is 0 Å². The van der Waals surface area contributed by atoms with Gasteiger partial charge in [-0.1, -0.05) is 20.8 Å². The number of likely N-dealkylation sites (N-methyl/N-ethyl adjacent to an activating group) is 1. The van der Waals surface area contributed by atoms with Gasteiger partial charge in [-0.05, 0) is 18.4 Å². The van der Waals surface area contributed by atoms with Crippen molar-refractivity contribution in [1.82, 2.24) is 10.2 Å². The molecule has 0 atom stereocenters. The summed E-state index contributed by atoms with van der Waals surface area (Å²) in [5.41, 5.74) is 5.51. The summed E-state index contributed by atoms with van der Waals surface area (Å²) in [5, 5.41) is 2.61. The summed E-state index contributed by atoms with van der Waals surface area (Å²) in [5.74, 6) is -0.164. The lowest BCUT2D eigenvalue weighted by atomic mass is 9.93. The highest BCUT2D eigenvalue weighted by Gasteiger charge is 2.21. The van der Waals surface area contributed by atoms with Gasteiger partial charge in [-0.3, -0.25) is 9.59 Å². The number of nitrogens with zero attached hydrogens (tertiary/aromatic N) is 1. The Labute approximate surface area is 104 Å². The van der Waals surface area contributed by atoms with Crippen molar-refractivity contribution >= 4 is 11.8 Å². The van der Waals surface area contributed by atoms with E-state index in [0.29, 0.717) is 19.5 Å². The second-order valence-corrected chi connectivity index (χ2v) is 5.14. The fourth-order valence-corrected chi connectivity index (χ4v) is 1.42. The number of hydrogen-bond acceptors (Lipinski definition) is 3. The van der Waals surface area contributed by atoms with Crippen LogP contribution in [-0.2, 0) is 9.59 Å². The second-order valence-electron chi connectivity index (χ2n) is 5.14. The van der Waals surface area contributed by atoms with Crippen LogP contribution in [0.15, 0.2) is 0 Å². The lowest BCUT2D eigenvalue weighted by Crippen LogP contribution is -2.44. The van der Waals surface area contributed by atoms with Crippen LogP contribution in [0.2, 0.25) is 0 Å². The molecule has 0 spiro atoms. The molecule has 0 aromatic carbocycles. The van der Waals surface area contributed by atoms with E-state index in [2.05, 4.69) is 5.32 Å². The molecular formula is C12H25N3O2. The zero-order chi connectivity index (χ0) is 13.5. The van der Waals surface area contributed by atoms with Crippen LogP contribution < -0.4 is 11.1 Å². The molecule has 0 unspecified atom stereocenters. The monoisotopic (exact) mass is 243 g/mol. The predicted molar refractivity (Wildman–Crippen MR) is 68.4 cm³/mol. The van der Waals surface area contributed by atoms with Crippen LogP contribution >= 0.6 is 0 Å². The van der Waals surface area contributed by atoms with E-state index in [4.69, 9.17) is 5.73 Å². The molecule has 0 aliphatic carbocycles. The van der Waals surface area contributed by atoms with Crippen molar-refractivity contribution in [3.05, 3.63) is 0 Å². The molecule has 0 aromatic rings. The summed E-state index contributed by atoms with van der Waals surface area (Å²) in [7, 11) is 1.73. The lowest BCUT2D eigenvalue weighted by Gasteiger charge is -2.29. The van der Waals surface area contributed by atoms with Crippen molar-refractivity contribution in [2.24, 2.45) is 11.1 Å². The zero-order valence-corrected chi connectivity index (χ0v) is 11.4. The third kappa shape index (κ3) is 6.94. The Morgan fingerprint density at radius 3 is 2.41 bits per heavy atom. The van der Waals surface area contributed by atoms with Crippen LogP contribution in [0.25, 0.3) is 0 Å². The third-order valence-electron chi connectivity index (χ3n) is 2.56. The summed E-state index contributed by atoms with van der Waals surface area (Å²) in [6.07, 6.45) is 1.25. The highest BCUT2D eigenvalue weighted by molar-refractivity contribution is 5.84. The van der Waals surface area contributed by atoms with Gasteiger partial charge in [-0.25, -0.2) is 0 Å². The second kappa shape index (κ2) is 7.27. The van der Waals surface area contributed by atoms with Gasteiger partial charge in [0, 0.05) is 20.0 Å². The Bertz CT molecular complexity index is 264. The van der Waals surface area contributed by atoms with E-state index in [-0.39, 0.29) is 23.8 Å². The molecule has 0 heterocycles. The van der Waals surface area contributed by atoms with Crippen LogP contribution in [0, 0.1) is 5.41 Å². The minimum Gasteiger partial charge on any atom is -0.347 e. The molecule has 5 nitrogen and oxygen atoms in total. The standard InChI is InChI=1S/C12H25N3O2/c1-5-6-10(16)14-7-11(17)15(4)9-12(2,3)8-13/h5-9,13H2,1-4H3,(H,14,16). The van der Waals surface area contributed by atoms with Crippen LogP contribution in [0.5, 0.6) is 0 Å². The predicted octanol–water partition coefficient (Wildman–Crippen LogP) is 0.346. The number of hydrogen-bond donors (Lipinski definition) is 2. The first kappa shape index (κ1) is 15.9. The number of carbonyl (C=O) groups is 2. The van der Waals surface area contributed by atoms with Gasteiger partial charge in [0.2, 0.25) is 11.8 Å². The maximum Gasteiger partial charge on any atom is 0.241 e. The van der Waals surface area contributed by atoms with E-state index in [0.717, 1.165) is 6.42 Å². The highest BCUT2D eigenvalue weighted by atomic mass is 16.2. The first-order valence-corrected chi connectivity index (χ1v) is 6.03. The lowest BCUT2D eigenvalue weighted by molar-refractivity contribution is -0.132. The third-order valence-corrected chi connectivity index (χ3v) is 2.56. The Hall–Kier alpha value is -1.10. The number of nitrogens with one attached hydrogen (secondary N) is 1. The SMILES string of the molecule is CCCC(=O)NCC(=O)N(C)CC(C)(C)CN. The molecule has 0 aliphatic heterocycles. The van der Waals surface area contributed by atoms with E-state index >= 15 is 0 Å². The van der Waals surface area contributed by atoms with Crippen molar-refractivity contribution < 1.29 is 9.59 Å². The number of amides is 2. The molecule has 0 saturated carbocycles. The summed E-state index contributed by atoms with van der Waals surface area (Å²) in [6.45, 7) is 7.12. The van der Waals surface area contributed by atoms with Gasteiger partial charge in [-0.2, -0.15) is 0 Å². The maximum absolute atomic E-state index is 11.7. The molecule has 0 saturated heterocycles. The molecule has 17 heavy (non-hydrogen) atoms. The summed E-state index contributed by atoms with van der Waals surface area (Å²) in [4.78, 5) is 24.5. The molecule has 5 heteroatoms. The quantitative estimate of drug-likeness (QED) is 0.677. The van der Waals surface area contributed by atoms with Crippen LogP contribution in [-0.4, -0.2) is 43.4 Å². The Morgan fingerprint density at radius 1 is 1.35 bits per heavy atom. The summed E-state index contributed by atoms with van der Waals surface area (Å²) < 4.78 is 0. The first-order chi connectivity index (χ1) is 7.82. The van der Waals surface area contributed by atoms with E-state index in [1.165, 1.54) is 0 Å². The van der Waals surface area contributed by atoms with Gasteiger partial charge in [0.25, 0.3) is 0 Å². The number of rotatable bonds is 7. The van der Waals surface area contributed by atoms with E-state index in [1.54, 1.807) is 11.9 Å². The molecular weight excluding hydrogens is 218 g/mol. The van der Waals surface area contributed by atoms with Gasteiger partial charge < -0.3 is 16.0 Å². The average molecular weight is 243 g/mol. The van der Waals surface area contributed by atoms with E-state index in [1.807, 2.05) is 20.8 Å². The fourth-order valence-electron chi connectivity index (χ4n) is 1.42. The normalized spacial score (nSPS) is 11.1. The van der Waals surface area contributed by atoms with Crippen molar-refractivity contribution in [2.75, 3.05) is 26.7 Å². The smallest absolute Gasteiger partial charge is 0.241 e. The highest BCUT2D eigenvalue weighted by Crippen LogP contribution is 2.13. The topological polar surface area (TPSA) is 75.4 Å². The fraction of sp³-hybridized carbons (Fsp3) is 0.833.